The van der Waals surface area contributed by atoms with E-state index in [2.05, 4.69) is 27.4 Å². The number of carboxylic acids is 1. The van der Waals surface area contributed by atoms with E-state index in [1.807, 2.05) is 60.7 Å². The number of aromatic nitrogens is 2. The van der Waals surface area contributed by atoms with Gasteiger partial charge in [-0.3, -0.25) is 9.59 Å². The summed E-state index contributed by atoms with van der Waals surface area (Å²) in [5, 5.41) is 30.2. The fourth-order valence-electron chi connectivity index (χ4n) is 6.61. The van der Waals surface area contributed by atoms with Crippen LogP contribution in [-0.2, 0) is 19.1 Å². The fourth-order valence-corrected chi connectivity index (χ4v) is 6.61. The van der Waals surface area contributed by atoms with Crippen LogP contribution in [0.15, 0.2) is 97.3 Å². The minimum absolute atomic E-state index is 0.0219. The smallest absolute Gasteiger partial charge is 0.307 e. The number of rotatable bonds is 13. The molecule has 292 valence electrons. The number of carboxylic acid groups (broad SMARTS) is 1. The number of carbonyl (C=O) groups is 2. The van der Waals surface area contributed by atoms with Gasteiger partial charge in [-0.15, -0.1) is 0 Å². The van der Waals surface area contributed by atoms with E-state index in [1.54, 1.807) is 24.5 Å². The third kappa shape index (κ3) is 11.5. The predicted octanol–water partition coefficient (Wildman–Crippen LogP) is 4.32. The van der Waals surface area contributed by atoms with Gasteiger partial charge in [0, 0.05) is 43.3 Å². The highest BCUT2D eigenvalue weighted by Crippen LogP contribution is 2.48. The molecule has 0 bridgehead atoms. The summed E-state index contributed by atoms with van der Waals surface area (Å²) in [6.45, 7) is 2.41. The number of hydrogen-bond donors (Lipinski definition) is 5. The molecule has 2 saturated heterocycles. The number of ether oxygens (including phenoxy) is 4. The molecule has 2 aliphatic heterocycles. The van der Waals surface area contributed by atoms with Crippen LogP contribution in [0.5, 0.6) is 11.8 Å². The molecule has 4 aromatic rings. The monoisotopic (exact) mass is 754 g/mol. The number of aliphatic carboxylic acids is 1. The summed E-state index contributed by atoms with van der Waals surface area (Å²) in [5.41, 5.74) is 9.57. The van der Waals surface area contributed by atoms with Crippen molar-refractivity contribution in [3.05, 3.63) is 120 Å². The number of aliphatic hydroxyl groups excluding tert-OH is 2. The first-order valence-electron chi connectivity index (χ1n) is 18.8. The Morgan fingerprint density at radius 1 is 0.727 bits per heavy atom. The molecule has 4 aliphatic rings. The average Bonchev–Trinajstić information content (AvgIpc) is 4.10. The zero-order chi connectivity index (χ0) is 38.6. The molecule has 4 heterocycles. The van der Waals surface area contributed by atoms with Gasteiger partial charge in [0.25, 0.3) is 0 Å². The molecule has 2 aliphatic carbocycles. The first-order valence-corrected chi connectivity index (χ1v) is 18.8. The van der Waals surface area contributed by atoms with E-state index in [0.717, 1.165) is 49.0 Å². The van der Waals surface area contributed by atoms with Crippen LogP contribution in [0.3, 0.4) is 0 Å². The summed E-state index contributed by atoms with van der Waals surface area (Å²) in [6, 6.07) is 26.2. The molecule has 0 spiro atoms. The van der Waals surface area contributed by atoms with Crippen molar-refractivity contribution in [2.24, 2.45) is 17.6 Å². The maximum Gasteiger partial charge on any atom is 0.307 e. The Bertz CT molecular complexity index is 1770. The van der Waals surface area contributed by atoms with Crippen molar-refractivity contribution in [3.8, 4) is 11.8 Å². The van der Waals surface area contributed by atoms with Gasteiger partial charge >= 0.3 is 5.97 Å². The molecule has 4 fully saturated rings. The second-order valence-corrected chi connectivity index (χ2v) is 14.2. The van der Waals surface area contributed by atoms with Crippen molar-refractivity contribution >= 4 is 11.9 Å². The lowest BCUT2D eigenvalue weighted by Gasteiger charge is -2.17. The van der Waals surface area contributed by atoms with Gasteiger partial charge in [0.15, 0.2) is 0 Å². The predicted molar refractivity (Wildman–Crippen MR) is 202 cm³/mol. The number of hydrogen-bond acceptors (Lipinski definition) is 11. The molecule has 13 nitrogen and oxygen atoms in total. The molecule has 55 heavy (non-hydrogen) atoms. The number of carbonyl (C=O) groups excluding carboxylic acids is 1. The van der Waals surface area contributed by atoms with Gasteiger partial charge in [-0.1, -0.05) is 66.7 Å². The van der Waals surface area contributed by atoms with Crippen molar-refractivity contribution < 1.29 is 43.9 Å². The summed E-state index contributed by atoms with van der Waals surface area (Å²) in [5.74, 6) is 0.798. The van der Waals surface area contributed by atoms with E-state index in [0.29, 0.717) is 31.6 Å². The Morgan fingerprint density at radius 2 is 1.24 bits per heavy atom. The molecule has 2 saturated carbocycles. The molecule has 13 heteroatoms. The van der Waals surface area contributed by atoms with Gasteiger partial charge in [0.1, 0.15) is 12.2 Å². The quantitative estimate of drug-likeness (QED) is 0.130. The van der Waals surface area contributed by atoms with E-state index in [-0.39, 0.29) is 61.0 Å². The van der Waals surface area contributed by atoms with E-state index in [4.69, 9.17) is 34.9 Å². The van der Waals surface area contributed by atoms with Crippen molar-refractivity contribution in [3.63, 3.8) is 0 Å². The lowest BCUT2D eigenvalue weighted by atomic mass is 10.1. The fraction of sp³-hybridized carbons (Fsp3) is 0.429. The standard InChI is InChI=1S/C21H24N2O4.C11H16N2O3.C10H10O2/c24-12-19(15-6-7-20(22-11-15)27-16-8-9-26-13-16)23-21(25)18-10-17(18)14-4-2-1-3-5-14;12-10(6-14)8-1-2-11(13-5-8)16-9-3-4-15-7-9;11-10(12)9-6-8(9)7-4-2-1-3-5-7/h1-7,11,16-19,24H,8-10,12-13H2,(H,23,25);1-2,5,9-10,14H,3-4,6-7,12H2;1-5,8-9H,6H2,(H,11,12)/t16-,17-,18+,19+;9-,10+;8-,9+/m111/s1. The number of benzene rings is 2. The SMILES string of the molecule is N[C@@H](CO)c1ccc(O[C@@H]2CCOC2)nc1.O=C(N[C@@H](CO)c1ccc(O[C@@H]2CCOC2)nc1)[C@H]1C[C@@H]1c1ccccc1.O=C(O)[C@H]1C[C@@H]1c1ccccc1. The Balaban J connectivity index is 0.000000155. The number of nitrogens with two attached hydrogens (primary N) is 1. The largest absolute Gasteiger partial charge is 0.481 e. The molecule has 0 unspecified atom stereocenters. The molecule has 2 aromatic carbocycles. The first kappa shape index (κ1) is 39.8. The van der Waals surface area contributed by atoms with E-state index < -0.39 is 12.0 Å². The van der Waals surface area contributed by atoms with Crippen LogP contribution in [0.1, 0.15) is 71.9 Å². The van der Waals surface area contributed by atoms with Crippen LogP contribution in [0, 0.1) is 11.8 Å². The molecular weight excluding hydrogens is 704 g/mol. The Morgan fingerprint density at radius 3 is 1.65 bits per heavy atom. The van der Waals surface area contributed by atoms with Crippen LogP contribution in [0.4, 0.5) is 0 Å². The highest BCUT2D eigenvalue weighted by molar-refractivity contribution is 5.83. The van der Waals surface area contributed by atoms with Crippen LogP contribution in [0.25, 0.3) is 0 Å². The maximum atomic E-state index is 12.5. The van der Waals surface area contributed by atoms with E-state index in [9.17, 15) is 14.7 Å². The van der Waals surface area contributed by atoms with Crippen molar-refractivity contribution in [1.82, 2.24) is 15.3 Å². The number of nitrogens with one attached hydrogen (secondary N) is 1. The van der Waals surface area contributed by atoms with Crippen LogP contribution in [0.2, 0.25) is 0 Å². The summed E-state index contributed by atoms with van der Waals surface area (Å²) in [7, 11) is 0. The first-order chi connectivity index (χ1) is 26.8. The zero-order valence-corrected chi connectivity index (χ0v) is 30.7. The van der Waals surface area contributed by atoms with Crippen molar-refractivity contribution in [2.45, 2.75) is 61.8 Å². The molecule has 6 N–H and O–H groups in total. The van der Waals surface area contributed by atoms with Crippen LogP contribution < -0.4 is 20.5 Å². The van der Waals surface area contributed by atoms with Gasteiger partial charge in [-0.25, -0.2) is 9.97 Å². The van der Waals surface area contributed by atoms with Crippen LogP contribution in [-0.4, -0.2) is 89.0 Å². The number of aliphatic hydroxyl groups is 2. The molecular formula is C42H50N4O9. The second-order valence-electron chi connectivity index (χ2n) is 14.2. The van der Waals surface area contributed by atoms with Crippen LogP contribution >= 0.6 is 0 Å². The third-order valence-electron chi connectivity index (χ3n) is 10.1. The van der Waals surface area contributed by atoms with Gasteiger partial charge in [0.05, 0.1) is 57.6 Å². The summed E-state index contributed by atoms with van der Waals surface area (Å²) >= 11 is 0. The molecule has 0 radical (unpaired) electrons. The number of pyridine rings is 2. The van der Waals surface area contributed by atoms with Gasteiger partial charge in [0.2, 0.25) is 17.7 Å². The lowest BCUT2D eigenvalue weighted by molar-refractivity contribution is -0.138. The van der Waals surface area contributed by atoms with Gasteiger partial charge < -0.3 is 45.3 Å². The Kier molecular flexibility index (Phi) is 14.2. The minimum atomic E-state index is -0.663. The third-order valence-corrected chi connectivity index (χ3v) is 10.1. The highest BCUT2D eigenvalue weighted by atomic mass is 16.6. The summed E-state index contributed by atoms with van der Waals surface area (Å²) < 4.78 is 21.8. The maximum absolute atomic E-state index is 12.5. The normalized spacial score (nSPS) is 24.5. The molecule has 8 atom stereocenters. The lowest BCUT2D eigenvalue weighted by Crippen LogP contribution is -2.32. The Hall–Kier alpha value is -4.92. The van der Waals surface area contributed by atoms with Gasteiger partial charge in [-0.05, 0) is 53.0 Å². The van der Waals surface area contributed by atoms with Crippen molar-refractivity contribution in [1.29, 1.82) is 0 Å². The summed E-state index contributed by atoms with van der Waals surface area (Å²) in [4.78, 5) is 31.5. The van der Waals surface area contributed by atoms with Crippen molar-refractivity contribution in [2.75, 3.05) is 39.6 Å². The van der Waals surface area contributed by atoms with Gasteiger partial charge in [-0.2, -0.15) is 0 Å². The Labute approximate surface area is 320 Å². The highest BCUT2D eigenvalue weighted by Gasteiger charge is 2.45. The average molecular weight is 755 g/mol. The number of amides is 1. The topological polar surface area (TPSA) is 196 Å². The molecule has 2 aromatic heterocycles. The van der Waals surface area contributed by atoms with E-state index >= 15 is 0 Å². The zero-order valence-electron chi connectivity index (χ0n) is 30.7. The minimum Gasteiger partial charge on any atom is -0.481 e. The van der Waals surface area contributed by atoms with E-state index in [1.165, 1.54) is 5.56 Å². The molecule has 8 rings (SSSR count). The second kappa shape index (κ2) is 19.6. The molecule has 1 amide bonds. The number of nitrogens with zero attached hydrogens (tertiary/aromatic N) is 2. The summed E-state index contributed by atoms with van der Waals surface area (Å²) in [6.07, 6.45) is 6.84.